The van der Waals surface area contributed by atoms with Crippen molar-refractivity contribution in [1.82, 2.24) is 9.97 Å². The van der Waals surface area contributed by atoms with Crippen LogP contribution in [0.1, 0.15) is 19.8 Å². The van der Waals surface area contributed by atoms with Crippen LogP contribution in [0.5, 0.6) is 5.88 Å². The minimum atomic E-state index is -0.525. The van der Waals surface area contributed by atoms with Crippen LogP contribution in [0.3, 0.4) is 0 Å². The number of methoxy groups -OCH3 is 1. The third-order valence-electron chi connectivity index (χ3n) is 3.18. The molecule has 1 unspecified atom stereocenters. The zero-order valence-electron chi connectivity index (χ0n) is 10.4. The molecule has 0 saturated heterocycles. The van der Waals surface area contributed by atoms with Gasteiger partial charge in [0, 0.05) is 6.54 Å². The monoisotopic (exact) mass is 252 g/mol. The van der Waals surface area contributed by atoms with Gasteiger partial charge in [-0.1, -0.05) is 6.92 Å². The Morgan fingerprint density at radius 1 is 1.61 bits per heavy atom. The summed E-state index contributed by atoms with van der Waals surface area (Å²) in [5.41, 5.74) is -0.206. The molecule has 18 heavy (non-hydrogen) atoms. The van der Waals surface area contributed by atoms with E-state index < -0.39 is 4.92 Å². The van der Waals surface area contributed by atoms with Gasteiger partial charge in [-0.3, -0.25) is 10.1 Å². The lowest BCUT2D eigenvalue weighted by Crippen LogP contribution is -2.15. The molecule has 0 radical (unpaired) electrons. The number of nitrogens with zero attached hydrogens (tertiary/aromatic N) is 3. The molecule has 7 nitrogen and oxygen atoms in total. The molecule has 0 amide bonds. The van der Waals surface area contributed by atoms with Crippen LogP contribution in [0.25, 0.3) is 0 Å². The molecule has 0 aliphatic heterocycles. The highest BCUT2D eigenvalue weighted by atomic mass is 16.6. The molecule has 1 aliphatic carbocycles. The molecule has 98 valence electrons. The van der Waals surface area contributed by atoms with E-state index >= 15 is 0 Å². The number of hydrogen-bond acceptors (Lipinski definition) is 6. The van der Waals surface area contributed by atoms with Gasteiger partial charge in [-0.05, 0) is 24.7 Å². The summed E-state index contributed by atoms with van der Waals surface area (Å²) in [7, 11) is 1.35. The maximum atomic E-state index is 11.0. The zero-order chi connectivity index (χ0) is 13.1. The molecule has 0 spiro atoms. The fourth-order valence-electron chi connectivity index (χ4n) is 1.90. The van der Waals surface area contributed by atoms with Crippen molar-refractivity contribution in [2.45, 2.75) is 19.8 Å². The normalized spacial score (nSPS) is 16.1. The summed E-state index contributed by atoms with van der Waals surface area (Å²) < 4.78 is 4.88. The average molecular weight is 252 g/mol. The minimum absolute atomic E-state index is 0.0171. The number of rotatable bonds is 6. The van der Waals surface area contributed by atoms with Gasteiger partial charge >= 0.3 is 5.69 Å². The predicted molar refractivity (Wildman–Crippen MR) is 65.6 cm³/mol. The topological polar surface area (TPSA) is 90.2 Å². The van der Waals surface area contributed by atoms with Crippen molar-refractivity contribution in [3.63, 3.8) is 0 Å². The van der Waals surface area contributed by atoms with Gasteiger partial charge in [0.2, 0.25) is 5.82 Å². The Kier molecular flexibility index (Phi) is 3.59. The second-order valence-electron chi connectivity index (χ2n) is 4.53. The third-order valence-corrected chi connectivity index (χ3v) is 3.18. The van der Waals surface area contributed by atoms with Gasteiger partial charge in [0.05, 0.1) is 12.0 Å². The lowest BCUT2D eigenvalue weighted by atomic mass is 10.1. The Morgan fingerprint density at radius 3 is 2.89 bits per heavy atom. The van der Waals surface area contributed by atoms with Gasteiger partial charge in [0.15, 0.2) is 0 Å². The molecular weight excluding hydrogens is 236 g/mol. The molecule has 2 rings (SSSR count). The van der Waals surface area contributed by atoms with E-state index in [0.29, 0.717) is 12.5 Å². The van der Waals surface area contributed by atoms with E-state index in [9.17, 15) is 10.1 Å². The third kappa shape index (κ3) is 2.66. The van der Waals surface area contributed by atoms with Crippen LogP contribution in [0, 0.1) is 22.0 Å². The summed E-state index contributed by atoms with van der Waals surface area (Å²) in [5.74, 6) is 1.43. The highest BCUT2D eigenvalue weighted by Crippen LogP contribution is 2.37. The molecule has 1 aromatic heterocycles. The number of hydrogen-bond donors (Lipinski definition) is 1. The fraction of sp³-hybridized carbons (Fsp3) is 0.636. The molecule has 0 aromatic carbocycles. The lowest BCUT2D eigenvalue weighted by molar-refractivity contribution is -0.385. The van der Waals surface area contributed by atoms with Crippen molar-refractivity contribution in [2.75, 3.05) is 19.0 Å². The molecule has 1 atom stereocenters. The smallest absolute Gasteiger partial charge is 0.372 e. The Labute approximate surface area is 105 Å². The second kappa shape index (κ2) is 5.16. The Balaban J connectivity index is 2.12. The van der Waals surface area contributed by atoms with Crippen LogP contribution in [-0.2, 0) is 0 Å². The number of anilines is 1. The summed E-state index contributed by atoms with van der Waals surface area (Å²) >= 11 is 0. The van der Waals surface area contributed by atoms with Crippen molar-refractivity contribution in [3.05, 3.63) is 16.4 Å². The Morgan fingerprint density at radius 2 is 2.33 bits per heavy atom. The van der Waals surface area contributed by atoms with E-state index in [1.54, 1.807) is 0 Å². The Hall–Kier alpha value is -1.92. The highest BCUT2D eigenvalue weighted by Gasteiger charge is 2.29. The van der Waals surface area contributed by atoms with Crippen molar-refractivity contribution in [1.29, 1.82) is 0 Å². The van der Waals surface area contributed by atoms with E-state index in [4.69, 9.17) is 4.74 Å². The van der Waals surface area contributed by atoms with Crippen molar-refractivity contribution < 1.29 is 9.66 Å². The first kappa shape index (κ1) is 12.5. The quantitative estimate of drug-likeness (QED) is 0.613. The highest BCUT2D eigenvalue weighted by molar-refractivity contribution is 5.61. The summed E-state index contributed by atoms with van der Waals surface area (Å²) in [6.07, 6.45) is 3.76. The van der Waals surface area contributed by atoms with Gasteiger partial charge in [-0.15, -0.1) is 0 Å². The van der Waals surface area contributed by atoms with Gasteiger partial charge < -0.3 is 10.1 Å². The van der Waals surface area contributed by atoms with Crippen LogP contribution in [0.4, 0.5) is 11.5 Å². The van der Waals surface area contributed by atoms with Gasteiger partial charge in [0.25, 0.3) is 5.88 Å². The molecule has 1 aromatic rings. The molecule has 1 aliphatic rings. The summed E-state index contributed by atoms with van der Waals surface area (Å²) in [6.45, 7) is 2.81. The molecule has 1 heterocycles. The number of nitro groups is 1. The molecule has 0 bridgehead atoms. The van der Waals surface area contributed by atoms with Gasteiger partial charge in [0.1, 0.15) is 6.33 Å². The molecule has 1 fully saturated rings. The predicted octanol–water partition coefficient (Wildman–Crippen LogP) is 1.85. The zero-order valence-corrected chi connectivity index (χ0v) is 10.4. The maximum absolute atomic E-state index is 11.0. The summed E-state index contributed by atoms with van der Waals surface area (Å²) in [5, 5.41) is 14.0. The molecule has 7 heteroatoms. The van der Waals surface area contributed by atoms with Gasteiger partial charge in [-0.25, -0.2) is 4.98 Å². The van der Waals surface area contributed by atoms with Crippen LogP contribution >= 0.6 is 0 Å². The van der Waals surface area contributed by atoms with E-state index in [1.165, 1.54) is 26.3 Å². The summed E-state index contributed by atoms with van der Waals surface area (Å²) in [4.78, 5) is 18.1. The standard InChI is InChI=1S/C11H16N4O3/c1-7(8-3-4-8)5-12-10-9(15(16)17)11(18-2)14-6-13-10/h6-8H,3-5H2,1-2H3,(H,12,13,14). The van der Waals surface area contributed by atoms with Crippen LogP contribution in [-0.4, -0.2) is 28.5 Å². The fourth-order valence-corrected chi connectivity index (χ4v) is 1.90. The van der Waals surface area contributed by atoms with Crippen molar-refractivity contribution >= 4 is 11.5 Å². The molecule has 1 saturated carbocycles. The summed E-state index contributed by atoms with van der Waals surface area (Å²) in [6, 6.07) is 0. The van der Waals surface area contributed by atoms with Crippen LogP contribution < -0.4 is 10.1 Å². The lowest BCUT2D eigenvalue weighted by Gasteiger charge is -2.12. The van der Waals surface area contributed by atoms with Crippen molar-refractivity contribution in [3.8, 4) is 5.88 Å². The van der Waals surface area contributed by atoms with E-state index in [1.807, 2.05) is 0 Å². The first-order valence-electron chi connectivity index (χ1n) is 5.90. The van der Waals surface area contributed by atoms with Gasteiger partial charge in [-0.2, -0.15) is 4.98 Å². The number of ether oxygens (including phenoxy) is 1. The van der Waals surface area contributed by atoms with Crippen molar-refractivity contribution in [2.24, 2.45) is 11.8 Å². The first-order valence-corrected chi connectivity index (χ1v) is 5.90. The van der Waals surface area contributed by atoms with Crippen LogP contribution in [0.15, 0.2) is 6.33 Å². The van der Waals surface area contributed by atoms with E-state index in [0.717, 1.165) is 5.92 Å². The van der Waals surface area contributed by atoms with E-state index in [2.05, 4.69) is 22.2 Å². The largest absolute Gasteiger partial charge is 0.476 e. The molecular formula is C11H16N4O3. The maximum Gasteiger partial charge on any atom is 0.372 e. The van der Waals surface area contributed by atoms with Crippen LogP contribution in [0.2, 0.25) is 0 Å². The first-order chi connectivity index (χ1) is 8.63. The second-order valence-corrected chi connectivity index (χ2v) is 4.53. The number of aromatic nitrogens is 2. The number of nitrogens with one attached hydrogen (secondary N) is 1. The average Bonchev–Trinajstić information content (AvgIpc) is 3.19. The minimum Gasteiger partial charge on any atom is -0.476 e. The Bertz CT molecular complexity index is 448. The van der Waals surface area contributed by atoms with E-state index in [-0.39, 0.29) is 17.4 Å². The SMILES string of the molecule is COc1ncnc(NCC(C)C2CC2)c1[N+](=O)[O-]. The molecule has 1 N–H and O–H groups in total.